The summed E-state index contributed by atoms with van der Waals surface area (Å²) in [4.78, 5) is 5.57. The summed E-state index contributed by atoms with van der Waals surface area (Å²) in [7, 11) is 1.94. The minimum atomic E-state index is -0.926. The van der Waals surface area contributed by atoms with Gasteiger partial charge in [-0.05, 0) is 39.1 Å². The molecular formula is C17H27N5OS. The highest BCUT2D eigenvalue weighted by atomic mass is 32.1. The molecule has 0 radical (unpaired) electrons. The van der Waals surface area contributed by atoms with Crippen molar-refractivity contribution >= 4 is 17.3 Å². The Morgan fingerprint density at radius 2 is 2.17 bits per heavy atom. The van der Waals surface area contributed by atoms with Crippen molar-refractivity contribution in [3.8, 4) is 0 Å². The topological polar surface area (TPSA) is 74.5 Å². The zero-order valence-corrected chi connectivity index (χ0v) is 15.9. The van der Waals surface area contributed by atoms with E-state index in [2.05, 4.69) is 20.7 Å². The fourth-order valence-electron chi connectivity index (χ4n) is 2.47. The number of nitrogens with one attached hydrogen (secondary N) is 2. The summed E-state index contributed by atoms with van der Waals surface area (Å²) in [5, 5.41) is 23.5. The maximum Gasteiger partial charge on any atom is 0.191 e. The molecule has 0 saturated heterocycles. The number of nitrogens with zero attached hydrogens (tertiary/aromatic N) is 3. The second-order valence-corrected chi connectivity index (χ2v) is 7.02. The summed E-state index contributed by atoms with van der Waals surface area (Å²) in [6, 6.07) is 3.89. The van der Waals surface area contributed by atoms with Crippen molar-refractivity contribution in [2.75, 3.05) is 13.1 Å². The molecule has 0 bridgehead atoms. The number of hydrogen-bond donors (Lipinski definition) is 3. The summed E-state index contributed by atoms with van der Waals surface area (Å²) < 4.78 is 1.88. The maximum atomic E-state index is 10.6. The molecule has 0 fully saturated rings. The van der Waals surface area contributed by atoms with E-state index in [-0.39, 0.29) is 0 Å². The van der Waals surface area contributed by atoms with Crippen molar-refractivity contribution < 1.29 is 5.11 Å². The lowest BCUT2D eigenvalue weighted by Gasteiger charge is -2.23. The average Bonchev–Trinajstić information content (AvgIpc) is 3.14. The van der Waals surface area contributed by atoms with Crippen LogP contribution in [0.15, 0.2) is 22.5 Å². The van der Waals surface area contributed by atoms with Gasteiger partial charge in [-0.3, -0.25) is 4.68 Å². The molecule has 3 N–H and O–H groups in total. The molecule has 2 heterocycles. The predicted molar refractivity (Wildman–Crippen MR) is 99.4 cm³/mol. The molecule has 2 aromatic heterocycles. The van der Waals surface area contributed by atoms with Crippen LogP contribution in [0.1, 0.15) is 35.7 Å². The Labute approximate surface area is 147 Å². The highest BCUT2D eigenvalue weighted by Gasteiger charge is 2.24. The molecule has 0 aliphatic carbocycles. The maximum absolute atomic E-state index is 10.6. The second-order valence-electron chi connectivity index (χ2n) is 6.07. The van der Waals surface area contributed by atoms with Gasteiger partial charge >= 0.3 is 0 Å². The summed E-state index contributed by atoms with van der Waals surface area (Å²) >= 11 is 1.55. The van der Waals surface area contributed by atoms with Crippen molar-refractivity contribution in [1.82, 2.24) is 20.4 Å². The quantitative estimate of drug-likeness (QED) is 0.551. The Morgan fingerprint density at radius 3 is 2.71 bits per heavy atom. The summed E-state index contributed by atoms with van der Waals surface area (Å²) in [6.45, 7) is 9.59. The highest BCUT2D eigenvalue weighted by molar-refractivity contribution is 7.10. The first-order valence-corrected chi connectivity index (χ1v) is 9.00. The van der Waals surface area contributed by atoms with E-state index in [1.807, 2.05) is 56.9 Å². The van der Waals surface area contributed by atoms with Crippen LogP contribution in [0, 0.1) is 13.8 Å². The van der Waals surface area contributed by atoms with E-state index in [0.29, 0.717) is 19.0 Å². The van der Waals surface area contributed by atoms with E-state index < -0.39 is 5.60 Å². The molecule has 7 heteroatoms. The number of thiophene rings is 1. The lowest BCUT2D eigenvalue weighted by atomic mass is 10.1. The number of rotatable bonds is 6. The Bertz CT molecular complexity index is 688. The molecule has 0 amide bonds. The van der Waals surface area contributed by atoms with Crippen LogP contribution in [0.3, 0.4) is 0 Å². The molecule has 0 aliphatic rings. The Kier molecular flexibility index (Phi) is 6.01. The first-order chi connectivity index (χ1) is 11.3. The molecule has 0 saturated carbocycles. The van der Waals surface area contributed by atoms with Crippen LogP contribution in [0.5, 0.6) is 0 Å². The van der Waals surface area contributed by atoms with Gasteiger partial charge in [-0.2, -0.15) is 5.10 Å². The van der Waals surface area contributed by atoms with Crippen molar-refractivity contribution in [2.45, 2.75) is 39.8 Å². The van der Waals surface area contributed by atoms with Crippen LogP contribution in [-0.4, -0.2) is 33.9 Å². The molecule has 0 spiro atoms. The molecule has 6 nitrogen and oxygen atoms in total. The Hall–Kier alpha value is -1.86. The lowest BCUT2D eigenvalue weighted by molar-refractivity contribution is 0.0655. The van der Waals surface area contributed by atoms with E-state index in [0.717, 1.165) is 28.4 Å². The minimum absolute atomic E-state index is 0.393. The zero-order chi connectivity index (χ0) is 17.7. The molecular weight excluding hydrogens is 322 g/mol. The second kappa shape index (κ2) is 7.81. The first kappa shape index (κ1) is 18.5. The van der Waals surface area contributed by atoms with Gasteiger partial charge in [0.1, 0.15) is 5.60 Å². The van der Waals surface area contributed by atoms with Crippen molar-refractivity contribution in [3.05, 3.63) is 39.3 Å². The molecule has 24 heavy (non-hydrogen) atoms. The van der Waals surface area contributed by atoms with E-state index in [1.54, 1.807) is 11.3 Å². The number of aliphatic imine (C=N–C) groups is 1. The third-order valence-corrected chi connectivity index (χ3v) is 5.17. The van der Waals surface area contributed by atoms with Gasteiger partial charge in [-0.15, -0.1) is 11.3 Å². The predicted octanol–water partition coefficient (Wildman–Crippen LogP) is 2.06. The van der Waals surface area contributed by atoms with Gasteiger partial charge in [-0.1, -0.05) is 6.07 Å². The normalized spacial score (nSPS) is 14.5. The van der Waals surface area contributed by atoms with Crippen LogP contribution >= 0.6 is 11.3 Å². The molecule has 132 valence electrons. The molecule has 0 aliphatic heterocycles. The van der Waals surface area contributed by atoms with E-state index in [4.69, 9.17) is 0 Å². The van der Waals surface area contributed by atoms with Gasteiger partial charge < -0.3 is 15.7 Å². The van der Waals surface area contributed by atoms with Crippen LogP contribution in [0.25, 0.3) is 0 Å². The summed E-state index contributed by atoms with van der Waals surface area (Å²) in [5.41, 5.74) is 2.34. The van der Waals surface area contributed by atoms with E-state index in [9.17, 15) is 5.11 Å². The molecule has 2 aromatic rings. The first-order valence-electron chi connectivity index (χ1n) is 8.12. The highest BCUT2D eigenvalue weighted by Crippen LogP contribution is 2.24. The van der Waals surface area contributed by atoms with Gasteiger partial charge in [0.05, 0.1) is 18.8 Å². The van der Waals surface area contributed by atoms with Crippen LogP contribution in [0.4, 0.5) is 0 Å². The van der Waals surface area contributed by atoms with Gasteiger partial charge in [-0.25, -0.2) is 4.99 Å². The zero-order valence-electron chi connectivity index (χ0n) is 15.1. The third-order valence-electron chi connectivity index (χ3n) is 4.05. The number of guanidine groups is 1. The largest absolute Gasteiger partial charge is 0.383 e. The monoisotopic (exact) mass is 349 g/mol. The molecule has 1 atom stereocenters. The van der Waals surface area contributed by atoms with Crippen molar-refractivity contribution in [3.63, 3.8) is 0 Å². The molecule has 2 rings (SSSR count). The van der Waals surface area contributed by atoms with Gasteiger partial charge in [0, 0.05) is 29.7 Å². The van der Waals surface area contributed by atoms with Crippen LogP contribution < -0.4 is 10.6 Å². The van der Waals surface area contributed by atoms with Gasteiger partial charge in [0.15, 0.2) is 5.96 Å². The Balaban J connectivity index is 2.06. The Morgan fingerprint density at radius 1 is 1.42 bits per heavy atom. The number of aromatic nitrogens is 2. The smallest absolute Gasteiger partial charge is 0.191 e. The number of aliphatic hydroxyl groups is 1. The summed E-state index contributed by atoms with van der Waals surface area (Å²) in [6.07, 6.45) is 0. The third kappa shape index (κ3) is 4.36. The van der Waals surface area contributed by atoms with E-state index in [1.165, 1.54) is 0 Å². The summed E-state index contributed by atoms with van der Waals surface area (Å²) in [5.74, 6) is 0.692. The van der Waals surface area contributed by atoms with E-state index >= 15 is 0 Å². The molecule has 0 aromatic carbocycles. The van der Waals surface area contributed by atoms with Crippen LogP contribution in [-0.2, 0) is 19.2 Å². The van der Waals surface area contributed by atoms with Crippen LogP contribution in [0.2, 0.25) is 0 Å². The van der Waals surface area contributed by atoms with Crippen molar-refractivity contribution in [1.29, 1.82) is 0 Å². The fourth-order valence-corrected chi connectivity index (χ4v) is 3.26. The fraction of sp³-hybridized carbons (Fsp3) is 0.529. The standard InChI is InChI=1S/C17H27N5OS/c1-6-18-16(19-10-14-12(2)21-22(5)13(14)3)20-11-17(4,23)15-8-7-9-24-15/h7-9,23H,6,10-11H2,1-5H3,(H2,18,19,20). The van der Waals surface area contributed by atoms with Gasteiger partial charge in [0.2, 0.25) is 0 Å². The SMILES string of the molecule is CCNC(=NCc1c(C)nn(C)c1C)NCC(C)(O)c1cccs1. The van der Waals surface area contributed by atoms with Crippen molar-refractivity contribution in [2.24, 2.45) is 12.0 Å². The minimum Gasteiger partial charge on any atom is -0.383 e. The lowest BCUT2D eigenvalue weighted by Crippen LogP contribution is -2.44. The number of aryl methyl sites for hydroxylation is 2. The molecule has 1 unspecified atom stereocenters. The number of hydrogen-bond acceptors (Lipinski definition) is 4. The average molecular weight is 350 g/mol. The van der Waals surface area contributed by atoms with Gasteiger partial charge in [0.25, 0.3) is 0 Å².